The van der Waals surface area contributed by atoms with E-state index in [0.29, 0.717) is 18.6 Å². The molecule has 0 amide bonds. The second-order valence-corrected chi connectivity index (χ2v) is 4.69. The first-order valence-electron chi connectivity index (χ1n) is 6.65. The number of ether oxygens (including phenoxy) is 1. The molecule has 0 radical (unpaired) electrons. The molecule has 0 aliphatic carbocycles. The van der Waals surface area contributed by atoms with E-state index in [0.717, 1.165) is 38.2 Å². The van der Waals surface area contributed by atoms with E-state index in [-0.39, 0.29) is 6.61 Å². The van der Waals surface area contributed by atoms with Crippen LogP contribution < -0.4 is 5.32 Å². The SMILES string of the molecule is CCC1OCCC1CNCc1cn(CCO)nn1. The molecule has 2 unspecified atom stereocenters. The van der Waals surface area contributed by atoms with E-state index in [1.165, 1.54) is 0 Å². The second-order valence-electron chi connectivity index (χ2n) is 4.69. The highest BCUT2D eigenvalue weighted by atomic mass is 16.5. The Hall–Kier alpha value is -0.980. The molecule has 18 heavy (non-hydrogen) atoms. The summed E-state index contributed by atoms with van der Waals surface area (Å²) in [6.07, 6.45) is 4.50. The van der Waals surface area contributed by atoms with Crippen molar-refractivity contribution in [1.82, 2.24) is 20.3 Å². The van der Waals surface area contributed by atoms with Gasteiger partial charge in [-0.3, -0.25) is 0 Å². The van der Waals surface area contributed by atoms with Gasteiger partial charge in [-0.15, -0.1) is 5.10 Å². The van der Waals surface area contributed by atoms with Crippen molar-refractivity contribution in [2.24, 2.45) is 5.92 Å². The number of rotatable bonds is 7. The van der Waals surface area contributed by atoms with E-state index in [9.17, 15) is 0 Å². The van der Waals surface area contributed by atoms with Crippen LogP contribution in [0, 0.1) is 5.92 Å². The van der Waals surface area contributed by atoms with Crippen LogP contribution in [-0.2, 0) is 17.8 Å². The van der Waals surface area contributed by atoms with Crippen molar-refractivity contribution in [3.63, 3.8) is 0 Å². The third-order valence-electron chi connectivity index (χ3n) is 3.38. The Balaban J connectivity index is 1.71. The Morgan fingerprint density at radius 3 is 3.28 bits per heavy atom. The van der Waals surface area contributed by atoms with Crippen molar-refractivity contribution < 1.29 is 9.84 Å². The Labute approximate surface area is 107 Å². The minimum atomic E-state index is 0.0911. The van der Waals surface area contributed by atoms with Crippen molar-refractivity contribution in [3.05, 3.63) is 11.9 Å². The van der Waals surface area contributed by atoms with Gasteiger partial charge in [0.05, 0.1) is 24.9 Å². The van der Waals surface area contributed by atoms with Crippen LogP contribution in [0.2, 0.25) is 0 Å². The first-order valence-corrected chi connectivity index (χ1v) is 6.65. The molecule has 1 saturated heterocycles. The van der Waals surface area contributed by atoms with E-state index >= 15 is 0 Å². The molecule has 6 heteroatoms. The van der Waals surface area contributed by atoms with Crippen molar-refractivity contribution in [1.29, 1.82) is 0 Å². The predicted molar refractivity (Wildman–Crippen MR) is 67.0 cm³/mol. The van der Waals surface area contributed by atoms with Crippen LogP contribution in [0.4, 0.5) is 0 Å². The zero-order valence-electron chi connectivity index (χ0n) is 10.9. The van der Waals surface area contributed by atoms with E-state index < -0.39 is 0 Å². The molecule has 2 heterocycles. The molecule has 1 aliphatic heterocycles. The zero-order valence-corrected chi connectivity index (χ0v) is 10.9. The summed E-state index contributed by atoms with van der Waals surface area (Å²) in [5, 5.41) is 20.2. The lowest BCUT2D eigenvalue weighted by Gasteiger charge is -2.16. The third kappa shape index (κ3) is 3.51. The highest BCUT2D eigenvalue weighted by Gasteiger charge is 2.25. The van der Waals surface area contributed by atoms with Gasteiger partial charge in [-0.2, -0.15) is 0 Å². The van der Waals surface area contributed by atoms with Gasteiger partial charge in [-0.25, -0.2) is 4.68 Å². The molecule has 1 fully saturated rings. The van der Waals surface area contributed by atoms with Crippen LogP contribution in [0.1, 0.15) is 25.5 Å². The molecular formula is C12H22N4O2. The van der Waals surface area contributed by atoms with Crippen LogP contribution in [0.15, 0.2) is 6.20 Å². The Morgan fingerprint density at radius 1 is 1.61 bits per heavy atom. The summed E-state index contributed by atoms with van der Waals surface area (Å²) in [6.45, 7) is 5.33. The summed E-state index contributed by atoms with van der Waals surface area (Å²) >= 11 is 0. The lowest BCUT2D eigenvalue weighted by Crippen LogP contribution is -2.28. The van der Waals surface area contributed by atoms with Crippen LogP contribution in [-0.4, -0.2) is 46.0 Å². The maximum Gasteiger partial charge on any atom is 0.0964 e. The summed E-state index contributed by atoms with van der Waals surface area (Å²) in [5.41, 5.74) is 0.912. The van der Waals surface area contributed by atoms with Crippen molar-refractivity contribution in [2.45, 2.75) is 39.0 Å². The second kappa shape index (κ2) is 6.82. The molecule has 2 N–H and O–H groups in total. The van der Waals surface area contributed by atoms with Crippen molar-refractivity contribution in [2.75, 3.05) is 19.8 Å². The summed E-state index contributed by atoms with van der Waals surface area (Å²) in [5.74, 6) is 0.613. The highest BCUT2D eigenvalue weighted by molar-refractivity contribution is 4.92. The Bertz CT molecular complexity index is 356. The van der Waals surface area contributed by atoms with Gasteiger partial charge in [0.1, 0.15) is 0 Å². The van der Waals surface area contributed by atoms with E-state index in [4.69, 9.17) is 9.84 Å². The minimum absolute atomic E-state index is 0.0911. The molecule has 0 spiro atoms. The number of nitrogens with one attached hydrogen (secondary N) is 1. The molecule has 1 aliphatic rings. The predicted octanol–water partition coefficient (Wildman–Crippen LogP) is 0.175. The van der Waals surface area contributed by atoms with Crippen molar-refractivity contribution in [3.8, 4) is 0 Å². The smallest absolute Gasteiger partial charge is 0.0964 e. The van der Waals surface area contributed by atoms with Gasteiger partial charge in [0, 0.05) is 25.9 Å². The molecule has 102 valence electrons. The van der Waals surface area contributed by atoms with Gasteiger partial charge in [-0.1, -0.05) is 12.1 Å². The number of aliphatic hydroxyl groups is 1. The quantitative estimate of drug-likeness (QED) is 0.726. The van der Waals surface area contributed by atoms with E-state index in [1.807, 2.05) is 6.20 Å². The normalized spacial score (nSPS) is 23.7. The summed E-state index contributed by atoms with van der Waals surface area (Å²) in [7, 11) is 0. The maximum absolute atomic E-state index is 8.79. The minimum Gasteiger partial charge on any atom is -0.394 e. The van der Waals surface area contributed by atoms with Gasteiger partial charge in [0.25, 0.3) is 0 Å². The fraction of sp³-hybridized carbons (Fsp3) is 0.833. The van der Waals surface area contributed by atoms with Gasteiger partial charge in [-0.05, 0) is 18.8 Å². The number of aromatic nitrogens is 3. The maximum atomic E-state index is 8.79. The molecule has 0 bridgehead atoms. The number of hydrogen-bond acceptors (Lipinski definition) is 5. The Kier molecular flexibility index (Phi) is 5.10. The molecule has 0 saturated carbocycles. The average Bonchev–Trinajstić information content (AvgIpc) is 2.99. The average molecular weight is 254 g/mol. The molecule has 0 aromatic carbocycles. The van der Waals surface area contributed by atoms with Gasteiger partial charge < -0.3 is 15.2 Å². The molecular weight excluding hydrogens is 232 g/mol. The molecule has 1 aromatic heterocycles. The van der Waals surface area contributed by atoms with E-state index in [1.54, 1.807) is 4.68 Å². The molecule has 2 rings (SSSR count). The van der Waals surface area contributed by atoms with Crippen molar-refractivity contribution >= 4 is 0 Å². The lowest BCUT2D eigenvalue weighted by atomic mass is 10.00. The summed E-state index contributed by atoms with van der Waals surface area (Å²) in [4.78, 5) is 0. The van der Waals surface area contributed by atoms with Crippen LogP contribution in [0.3, 0.4) is 0 Å². The first-order chi connectivity index (χ1) is 8.83. The fourth-order valence-electron chi connectivity index (χ4n) is 2.39. The monoisotopic (exact) mass is 254 g/mol. The van der Waals surface area contributed by atoms with E-state index in [2.05, 4.69) is 22.6 Å². The molecule has 2 atom stereocenters. The van der Waals surface area contributed by atoms with Crippen LogP contribution in [0.5, 0.6) is 0 Å². The zero-order chi connectivity index (χ0) is 12.8. The molecule has 1 aromatic rings. The highest BCUT2D eigenvalue weighted by Crippen LogP contribution is 2.22. The summed E-state index contributed by atoms with van der Waals surface area (Å²) < 4.78 is 7.31. The molecule has 6 nitrogen and oxygen atoms in total. The number of aliphatic hydroxyl groups excluding tert-OH is 1. The first kappa shape index (κ1) is 13.5. The summed E-state index contributed by atoms with van der Waals surface area (Å²) in [6, 6.07) is 0. The third-order valence-corrected chi connectivity index (χ3v) is 3.38. The fourth-order valence-corrected chi connectivity index (χ4v) is 2.39. The standard InChI is InChI=1S/C12H22N4O2/c1-2-12-10(3-6-18-12)7-13-8-11-9-16(4-5-17)15-14-11/h9-10,12-13,17H,2-8H2,1H3. The van der Waals surface area contributed by atoms with Gasteiger partial charge in [0.2, 0.25) is 0 Å². The van der Waals surface area contributed by atoms with Crippen LogP contribution in [0.25, 0.3) is 0 Å². The Morgan fingerprint density at radius 2 is 2.50 bits per heavy atom. The van der Waals surface area contributed by atoms with Crippen LogP contribution >= 0.6 is 0 Å². The lowest BCUT2D eigenvalue weighted by molar-refractivity contribution is 0.0872. The largest absolute Gasteiger partial charge is 0.394 e. The van der Waals surface area contributed by atoms with Gasteiger partial charge >= 0.3 is 0 Å². The van der Waals surface area contributed by atoms with Gasteiger partial charge in [0.15, 0.2) is 0 Å². The number of hydrogen-bond donors (Lipinski definition) is 2. The topological polar surface area (TPSA) is 72.2 Å². The number of nitrogens with zero attached hydrogens (tertiary/aromatic N) is 3.